The van der Waals surface area contributed by atoms with Crippen molar-refractivity contribution in [2.45, 2.75) is 6.17 Å². The lowest BCUT2D eigenvalue weighted by Crippen LogP contribution is -2.31. The van der Waals surface area contributed by atoms with Crippen molar-refractivity contribution in [3.8, 4) is 0 Å². The van der Waals surface area contributed by atoms with Crippen LogP contribution in [0.4, 0.5) is 21.9 Å². The maximum Gasteiger partial charge on any atom is 0.440 e. The van der Waals surface area contributed by atoms with E-state index in [1.165, 1.54) is 22.1 Å². The van der Waals surface area contributed by atoms with Gasteiger partial charge in [-0.25, -0.2) is 9.69 Å². The summed E-state index contributed by atoms with van der Waals surface area (Å²) < 4.78 is 0. The lowest BCUT2D eigenvalue weighted by Gasteiger charge is -2.27. The molecular weight excluding hydrogens is 346 g/mol. The van der Waals surface area contributed by atoms with Crippen molar-refractivity contribution in [3.05, 3.63) is 101 Å². The summed E-state index contributed by atoms with van der Waals surface area (Å²) in [6, 6.07) is 24.4. The van der Waals surface area contributed by atoms with Crippen LogP contribution in [0.5, 0.6) is 0 Å². The topological polar surface area (TPSA) is 75.9 Å². The van der Waals surface area contributed by atoms with Gasteiger partial charge in [-0.3, -0.25) is 10.1 Å². The average Bonchev–Trinajstić information content (AvgIpc) is 3.06. The molecule has 0 bridgehead atoms. The average molecular weight is 361 g/mol. The molecule has 1 amide bonds. The standard InChI is InChI=1S/C20H15N3O4/c24-20-21(16-9-3-1-4-10-16)19(15-8-7-13-18(14-15)23(25)26)22(27-20)17-11-5-2-6-12-17/h1-14,19H/t19-/m0/s1. The molecule has 0 N–H and O–H groups in total. The van der Waals surface area contributed by atoms with Gasteiger partial charge in [-0.05, 0) is 24.3 Å². The summed E-state index contributed by atoms with van der Waals surface area (Å²) in [5.74, 6) is 0. The van der Waals surface area contributed by atoms with Gasteiger partial charge in [0.15, 0.2) is 6.17 Å². The van der Waals surface area contributed by atoms with Gasteiger partial charge in [0, 0.05) is 23.4 Å². The first kappa shape index (κ1) is 16.6. The Morgan fingerprint density at radius 2 is 1.48 bits per heavy atom. The van der Waals surface area contributed by atoms with E-state index in [-0.39, 0.29) is 5.69 Å². The largest absolute Gasteiger partial charge is 0.440 e. The third-order valence-electron chi connectivity index (χ3n) is 4.26. The molecule has 0 spiro atoms. The van der Waals surface area contributed by atoms with Gasteiger partial charge in [0.2, 0.25) is 0 Å². The number of hydroxylamine groups is 1. The predicted molar refractivity (Wildman–Crippen MR) is 100 cm³/mol. The number of nitro groups is 1. The van der Waals surface area contributed by atoms with Crippen LogP contribution < -0.4 is 9.96 Å². The van der Waals surface area contributed by atoms with Crippen LogP contribution in [0.25, 0.3) is 0 Å². The Kier molecular flexibility index (Phi) is 4.18. The fourth-order valence-electron chi connectivity index (χ4n) is 3.07. The zero-order valence-corrected chi connectivity index (χ0v) is 14.1. The Balaban J connectivity index is 1.85. The SMILES string of the molecule is O=C1ON(c2ccccc2)[C@@H](c2cccc([N+](=O)[O-])c2)N1c1ccccc1. The van der Waals surface area contributed by atoms with Crippen LogP contribution >= 0.6 is 0 Å². The van der Waals surface area contributed by atoms with Crippen LogP contribution in [-0.2, 0) is 4.84 Å². The minimum atomic E-state index is -0.679. The number of hydrogen-bond donors (Lipinski definition) is 0. The van der Waals surface area contributed by atoms with Gasteiger partial charge in [0.05, 0.1) is 10.6 Å². The minimum absolute atomic E-state index is 0.0483. The molecule has 1 aliphatic rings. The van der Waals surface area contributed by atoms with Gasteiger partial charge in [-0.15, -0.1) is 0 Å². The molecule has 1 atom stereocenters. The number of benzene rings is 3. The van der Waals surface area contributed by atoms with Gasteiger partial charge in [-0.1, -0.05) is 48.5 Å². The van der Waals surface area contributed by atoms with Gasteiger partial charge in [0.25, 0.3) is 5.69 Å². The number of nitro benzene ring substituents is 1. The molecule has 0 unspecified atom stereocenters. The summed E-state index contributed by atoms with van der Waals surface area (Å²) >= 11 is 0. The first-order valence-corrected chi connectivity index (χ1v) is 8.30. The number of anilines is 2. The summed E-state index contributed by atoms with van der Waals surface area (Å²) in [5.41, 5.74) is 1.83. The highest BCUT2D eigenvalue weighted by atomic mass is 16.7. The number of carbonyl (C=O) groups is 1. The highest BCUT2D eigenvalue weighted by Gasteiger charge is 2.43. The summed E-state index contributed by atoms with van der Waals surface area (Å²) in [7, 11) is 0. The predicted octanol–water partition coefficient (Wildman–Crippen LogP) is 4.67. The Morgan fingerprint density at radius 3 is 2.11 bits per heavy atom. The first-order chi connectivity index (χ1) is 13.1. The number of nitrogens with zero attached hydrogens (tertiary/aromatic N) is 3. The molecule has 1 fully saturated rings. The highest BCUT2D eigenvalue weighted by Crippen LogP contribution is 2.40. The number of non-ortho nitro benzene ring substituents is 1. The van der Waals surface area contributed by atoms with E-state index in [1.54, 1.807) is 24.3 Å². The third kappa shape index (κ3) is 3.06. The van der Waals surface area contributed by atoms with E-state index in [0.29, 0.717) is 16.9 Å². The second kappa shape index (κ2) is 6.80. The summed E-state index contributed by atoms with van der Waals surface area (Å²) in [6.45, 7) is 0. The molecule has 3 aromatic rings. The first-order valence-electron chi connectivity index (χ1n) is 8.30. The molecule has 1 heterocycles. The lowest BCUT2D eigenvalue weighted by atomic mass is 10.1. The Hall–Kier alpha value is -3.87. The molecule has 7 heteroatoms. The van der Waals surface area contributed by atoms with Crippen LogP contribution in [0, 0.1) is 10.1 Å². The summed E-state index contributed by atoms with van der Waals surface area (Å²) in [5, 5.41) is 12.7. The number of hydrogen-bond acceptors (Lipinski definition) is 5. The zero-order chi connectivity index (χ0) is 18.8. The molecule has 0 aliphatic carbocycles. The van der Waals surface area contributed by atoms with Gasteiger partial charge in [0.1, 0.15) is 0 Å². The number of para-hydroxylation sites is 2. The minimum Gasteiger partial charge on any atom is -0.319 e. The van der Waals surface area contributed by atoms with E-state index in [2.05, 4.69) is 0 Å². The molecule has 0 radical (unpaired) electrons. The Bertz CT molecular complexity index is 979. The van der Waals surface area contributed by atoms with Gasteiger partial charge < -0.3 is 4.84 Å². The molecule has 134 valence electrons. The van der Waals surface area contributed by atoms with Crippen molar-refractivity contribution >= 4 is 23.2 Å². The van der Waals surface area contributed by atoms with E-state index >= 15 is 0 Å². The molecule has 3 aromatic carbocycles. The summed E-state index contributed by atoms with van der Waals surface area (Å²) in [4.78, 5) is 30.5. The molecule has 27 heavy (non-hydrogen) atoms. The maximum atomic E-state index is 12.7. The Labute approximate surface area is 155 Å². The van der Waals surface area contributed by atoms with E-state index in [9.17, 15) is 14.9 Å². The van der Waals surface area contributed by atoms with Crippen LogP contribution in [0.2, 0.25) is 0 Å². The molecule has 4 rings (SSSR count). The Morgan fingerprint density at radius 1 is 0.852 bits per heavy atom. The van der Waals surface area contributed by atoms with E-state index in [1.807, 2.05) is 48.5 Å². The smallest absolute Gasteiger partial charge is 0.319 e. The number of rotatable bonds is 4. The normalized spacial score (nSPS) is 16.3. The van der Waals surface area contributed by atoms with Crippen molar-refractivity contribution in [2.24, 2.45) is 0 Å². The zero-order valence-electron chi connectivity index (χ0n) is 14.1. The van der Waals surface area contributed by atoms with Gasteiger partial charge >= 0.3 is 6.09 Å². The number of carbonyl (C=O) groups excluding carboxylic acids is 1. The van der Waals surface area contributed by atoms with E-state index in [4.69, 9.17) is 4.84 Å². The van der Waals surface area contributed by atoms with E-state index in [0.717, 1.165) is 0 Å². The molecule has 0 aromatic heterocycles. The van der Waals surface area contributed by atoms with Crippen molar-refractivity contribution in [2.75, 3.05) is 9.96 Å². The highest BCUT2D eigenvalue weighted by molar-refractivity contribution is 5.92. The fourth-order valence-corrected chi connectivity index (χ4v) is 3.07. The maximum absolute atomic E-state index is 12.7. The molecular formula is C20H15N3O4. The fraction of sp³-hybridized carbons (Fsp3) is 0.0500. The molecule has 0 saturated carbocycles. The number of amides is 1. The summed E-state index contributed by atoms with van der Waals surface area (Å²) in [6.07, 6.45) is -1.23. The van der Waals surface area contributed by atoms with Crippen LogP contribution in [0.15, 0.2) is 84.9 Å². The lowest BCUT2D eigenvalue weighted by molar-refractivity contribution is -0.384. The third-order valence-corrected chi connectivity index (χ3v) is 4.26. The monoisotopic (exact) mass is 361 g/mol. The molecule has 1 aliphatic heterocycles. The second-order valence-corrected chi connectivity index (χ2v) is 5.95. The molecule has 1 saturated heterocycles. The molecule has 7 nitrogen and oxygen atoms in total. The second-order valence-electron chi connectivity index (χ2n) is 5.95. The van der Waals surface area contributed by atoms with Gasteiger partial charge in [-0.2, -0.15) is 5.06 Å². The van der Waals surface area contributed by atoms with Crippen molar-refractivity contribution in [3.63, 3.8) is 0 Å². The van der Waals surface area contributed by atoms with Crippen LogP contribution in [0.3, 0.4) is 0 Å². The van der Waals surface area contributed by atoms with Crippen LogP contribution in [0.1, 0.15) is 11.7 Å². The van der Waals surface area contributed by atoms with Crippen LogP contribution in [-0.4, -0.2) is 11.0 Å². The van der Waals surface area contributed by atoms with Crippen molar-refractivity contribution in [1.82, 2.24) is 0 Å². The van der Waals surface area contributed by atoms with E-state index < -0.39 is 17.2 Å². The van der Waals surface area contributed by atoms with Crippen molar-refractivity contribution in [1.29, 1.82) is 0 Å². The quantitative estimate of drug-likeness (QED) is 0.498. The van der Waals surface area contributed by atoms with Crippen molar-refractivity contribution < 1.29 is 14.6 Å².